The standard InChI is InChI=1S/C22H22O13/c1-32-21-11(34-22-19(31)17(29)14(26)12(6-23)35-22)5-10-13(16(21)28)15(27)18(30)20(33-10)7-2-3-8(24)9(25)4-7/h2-5,12,14,17,19,22-26,28-31H,6H2,1H3/t12-,14-,17+,19-,22-/m1/s1. The monoisotopic (exact) mass is 494 g/mol. The Kier molecular flexibility index (Phi) is 6.36. The summed E-state index contributed by atoms with van der Waals surface area (Å²) < 4.78 is 21.5. The van der Waals surface area contributed by atoms with E-state index in [0.29, 0.717) is 0 Å². The molecule has 1 saturated heterocycles. The van der Waals surface area contributed by atoms with Crippen molar-refractivity contribution in [3.63, 3.8) is 0 Å². The predicted molar refractivity (Wildman–Crippen MR) is 116 cm³/mol. The Bertz CT molecular complexity index is 1320. The van der Waals surface area contributed by atoms with Crippen LogP contribution < -0.4 is 14.9 Å². The highest BCUT2D eigenvalue weighted by atomic mass is 16.7. The zero-order valence-corrected chi connectivity index (χ0v) is 18.0. The van der Waals surface area contributed by atoms with Crippen LogP contribution in [0.2, 0.25) is 0 Å². The van der Waals surface area contributed by atoms with Crippen molar-refractivity contribution in [1.82, 2.24) is 0 Å². The third-order valence-corrected chi connectivity index (χ3v) is 5.59. The zero-order valence-electron chi connectivity index (χ0n) is 18.0. The van der Waals surface area contributed by atoms with Crippen LogP contribution in [-0.2, 0) is 4.74 Å². The summed E-state index contributed by atoms with van der Waals surface area (Å²) >= 11 is 0. The van der Waals surface area contributed by atoms with Crippen LogP contribution in [0.3, 0.4) is 0 Å². The Morgan fingerprint density at radius 2 is 1.66 bits per heavy atom. The van der Waals surface area contributed by atoms with Crippen molar-refractivity contribution in [2.45, 2.75) is 30.7 Å². The normalized spacial score (nSPS) is 24.4. The highest BCUT2D eigenvalue weighted by molar-refractivity contribution is 5.91. The molecule has 1 aromatic heterocycles. The second kappa shape index (κ2) is 9.13. The summed E-state index contributed by atoms with van der Waals surface area (Å²) in [6, 6.07) is 4.48. The Labute approximate surface area is 195 Å². The molecule has 0 radical (unpaired) electrons. The van der Waals surface area contributed by atoms with Gasteiger partial charge in [0.2, 0.25) is 23.2 Å². The van der Waals surface area contributed by atoms with Gasteiger partial charge < -0.3 is 59.5 Å². The molecule has 2 heterocycles. The first kappa shape index (κ1) is 24.4. The van der Waals surface area contributed by atoms with E-state index < -0.39 is 82.6 Å². The second-order valence-electron chi connectivity index (χ2n) is 7.76. The number of hydrogen-bond acceptors (Lipinski definition) is 13. The Morgan fingerprint density at radius 3 is 2.29 bits per heavy atom. The van der Waals surface area contributed by atoms with Crippen LogP contribution >= 0.6 is 0 Å². The van der Waals surface area contributed by atoms with E-state index in [9.17, 15) is 45.6 Å². The van der Waals surface area contributed by atoms with Crippen LogP contribution in [0.15, 0.2) is 33.5 Å². The van der Waals surface area contributed by atoms with Crippen molar-refractivity contribution in [3.05, 3.63) is 34.5 Å². The summed E-state index contributed by atoms with van der Waals surface area (Å²) in [5.41, 5.74) is -1.35. The molecule has 3 aromatic rings. The summed E-state index contributed by atoms with van der Waals surface area (Å²) in [6.07, 6.45) is -8.07. The first-order chi connectivity index (χ1) is 16.6. The SMILES string of the molecule is COc1c(O[C@@H]2O[C@H](CO)[C@@H](O)[C@H](O)[C@H]2O)cc2oc(-c3ccc(O)c(O)c3)c(O)c(=O)c2c1O. The van der Waals surface area contributed by atoms with Crippen molar-refractivity contribution >= 4 is 11.0 Å². The average Bonchev–Trinajstić information content (AvgIpc) is 2.83. The molecular formula is C22H22O13. The van der Waals surface area contributed by atoms with Gasteiger partial charge in [-0.25, -0.2) is 0 Å². The van der Waals surface area contributed by atoms with E-state index in [1.54, 1.807) is 0 Å². The van der Waals surface area contributed by atoms with Gasteiger partial charge in [-0.05, 0) is 18.2 Å². The number of aliphatic hydroxyl groups excluding tert-OH is 4. The quantitative estimate of drug-likeness (QED) is 0.209. The molecule has 4 rings (SSSR count). The lowest BCUT2D eigenvalue weighted by atomic mass is 9.99. The summed E-state index contributed by atoms with van der Waals surface area (Å²) in [6.45, 7) is -0.706. The second-order valence-corrected chi connectivity index (χ2v) is 7.76. The number of hydrogen-bond donors (Lipinski definition) is 8. The minimum Gasteiger partial charge on any atom is -0.504 e. The molecule has 13 heteroatoms. The van der Waals surface area contributed by atoms with Crippen LogP contribution in [0.1, 0.15) is 0 Å². The molecular weight excluding hydrogens is 472 g/mol. The first-order valence-corrected chi connectivity index (χ1v) is 10.2. The molecule has 13 nitrogen and oxygen atoms in total. The van der Waals surface area contributed by atoms with Gasteiger partial charge in [0.05, 0.1) is 13.7 Å². The molecule has 1 aliphatic heterocycles. The number of aliphatic hydroxyl groups is 4. The topological polar surface area (TPSA) is 220 Å². The van der Waals surface area contributed by atoms with Gasteiger partial charge in [-0.1, -0.05) is 0 Å². The largest absolute Gasteiger partial charge is 0.504 e. The van der Waals surface area contributed by atoms with Crippen molar-refractivity contribution in [2.24, 2.45) is 0 Å². The molecule has 0 amide bonds. The molecule has 5 atom stereocenters. The lowest BCUT2D eigenvalue weighted by Gasteiger charge is -2.39. The van der Waals surface area contributed by atoms with E-state index in [2.05, 4.69) is 0 Å². The van der Waals surface area contributed by atoms with E-state index in [0.717, 1.165) is 25.3 Å². The number of phenolic OH excluding ortho intramolecular Hbond substituents is 3. The van der Waals surface area contributed by atoms with Crippen molar-refractivity contribution < 1.29 is 59.5 Å². The van der Waals surface area contributed by atoms with Gasteiger partial charge in [0.25, 0.3) is 0 Å². The molecule has 0 saturated carbocycles. The minimum atomic E-state index is -1.78. The van der Waals surface area contributed by atoms with Crippen molar-refractivity contribution in [1.29, 1.82) is 0 Å². The summed E-state index contributed by atoms with van der Waals surface area (Å²) in [7, 11) is 1.14. The maximum absolute atomic E-state index is 12.8. The fourth-order valence-corrected chi connectivity index (χ4v) is 3.72. The molecule has 0 unspecified atom stereocenters. The fourth-order valence-electron chi connectivity index (χ4n) is 3.72. The molecule has 188 valence electrons. The highest BCUT2D eigenvalue weighted by Crippen LogP contribution is 2.45. The van der Waals surface area contributed by atoms with E-state index in [1.807, 2.05) is 0 Å². The van der Waals surface area contributed by atoms with Crippen LogP contribution in [0.4, 0.5) is 0 Å². The number of aromatic hydroxyl groups is 4. The number of rotatable bonds is 5. The summed E-state index contributed by atoms with van der Waals surface area (Å²) in [5.74, 6) is -3.81. The maximum atomic E-state index is 12.8. The lowest BCUT2D eigenvalue weighted by Crippen LogP contribution is -2.60. The van der Waals surface area contributed by atoms with Crippen molar-refractivity contribution in [3.8, 4) is 45.8 Å². The Hall–Kier alpha value is -3.75. The zero-order chi connectivity index (χ0) is 25.6. The molecule has 2 aromatic carbocycles. The smallest absolute Gasteiger partial charge is 0.238 e. The van der Waals surface area contributed by atoms with Crippen LogP contribution in [0.5, 0.6) is 34.5 Å². The van der Waals surface area contributed by atoms with Gasteiger partial charge in [0, 0.05) is 11.6 Å². The van der Waals surface area contributed by atoms with Gasteiger partial charge in [-0.3, -0.25) is 4.79 Å². The Balaban J connectivity index is 1.85. The third-order valence-electron chi connectivity index (χ3n) is 5.59. The van der Waals surface area contributed by atoms with E-state index in [1.165, 1.54) is 6.07 Å². The van der Waals surface area contributed by atoms with Gasteiger partial charge >= 0.3 is 0 Å². The number of benzene rings is 2. The summed E-state index contributed by atoms with van der Waals surface area (Å²) in [5, 5.41) is 79.4. The van der Waals surface area contributed by atoms with Gasteiger partial charge in [0.15, 0.2) is 28.8 Å². The van der Waals surface area contributed by atoms with E-state index in [-0.39, 0.29) is 16.9 Å². The van der Waals surface area contributed by atoms with Gasteiger partial charge in [0.1, 0.15) is 35.4 Å². The molecule has 0 bridgehead atoms. The number of methoxy groups -OCH3 is 1. The minimum absolute atomic E-state index is 0.0171. The fraction of sp³-hybridized carbons (Fsp3) is 0.318. The number of phenols is 3. The predicted octanol–water partition coefficient (Wildman–Crippen LogP) is -0.530. The van der Waals surface area contributed by atoms with Crippen molar-refractivity contribution in [2.75, 3.05) is 13.7 Å². The summed E-state index contributed by atoms with van der Waals surface area (Å²) in [4.78, 5) is 12.8. The van der Waals surface area contributed by atoms with Gasteiger partial charge in [-0.15, -0.1) is 0 Å². The highest BCUT2D eigenvalue weighted by Gasteiger charge is 2.45. The molecule has 1 fully saturated rings. The molecule has 1 aliphatic rings. The number of ether oxygens (including phenoxy) is 3. The Morgan fingerprint density at radius 1 is 0.943 bits per heavy atom. The third kappa shape index (κ3) is 4.05. The first-order valence-electron chi connectivity index (χ1n) is 10.2. The molecule has 8 N–H and O–H groups in total. The maximum Gasteiger partial charge on any atom is 0.238 e. The lowest BCUT2D eigenvalue weighted by molar-refractivity contribution is -0.277. The average molecular weight is 494 g/mol. The van der Waals surface area contributed by atoms with E-state index in [4.69, 9.17) is 18.6 Å². The molecule has 35 heavy (non-hydrogen) atoms. The van der Waals surface area contributed by atoms with Gasteiger partial charge in [-0.2, -0.15) is 0 Å². The van der Waals surface area contributed by atoms with E-state index >= 15 is 0 Å². The number of fused-ring (bicyclic) bond motifs is 1. The van der Waals surface area contributed by atoms with Crippen LogP contribution in [-0.4, -0.2) is 85.3 Å². The molecule has 0 spiro atoms. The molecule has 0 aliphatic carbocycles. The van der Waals surface area contributed by atoms with Crippen LogP contribution in [0, 0.1) is 0 Å². The van der Waals surface area contributed by atoms with Crippen LogP contribution in [0.25, 0.3) is 22.3 Å².